The van der Waals surface area contributed by atoms with Gasteiger partial charge in [-0.15, -0.1) is 0 Å². The molecule has 0 radical (unpaired) electrons. The topological polar surface area (TPSA) is 175 Å². The Morgan fingerprint density at radius 3 is 1.89 bits per heavy atom. The summed E-state index contributed by atoms with van der Waals surface area (Å²) in [6.07, 6.45) is -3.89. The fourth-order valence-corrected chi connectivity index (χ4v) is 7.39. The summed E-state index contributed by atoms with van der Waals surface area (Å²) in [5.74, 6) is -0.355. The second kappa shape index (κ2) is 22.1. The van der Waals surface area contributed by atoms with Gasteiger partial charge in [0.15, 0.2) is 5.96 Å². The van der Waals surface area contributed by atoms with Crippen LogP contribution in [0.25, 0.3) is 0 Å². The molecule has 2 amide bonds. The van der Waals surface area contributed by atoms with Crippen LogP contribution in [0, 0.1) is 0 Å². The highest BCUT2D eigenvalue weighted by Crippen LogP contribution is 2.29. The number of carbonyl (C=O) groups is 2. The number of amides is 2. The van der Waals surface area contributed by atoms with Gasteiger partial charge in [-0.25, -0.2) is 4.99 Å². The first-order valence-corrected chi connectivity index (χ1v) is 20.6. The van der Waals surface area contributed by atoms with Gasteiger partial charge in [0.25, 0.3) is 5.91 Å². The molecule has 326 valence electrons. The Bertz CT molecular complexity index is 2250. The van der Waals surface area contributed by atoms with Gasteiger partial charge in [-0.2, -0.15) is 13.2 Å². The summed E-state index contributed by atoms with van der Waals surface area (Å²) in [6, 6.07) is 33.7. The molecule has 1 aliphatic heterocycles. The van der Waals surface area contributed by atoms with Crippen LogP contribution in [-0.4, -0.2) is 93.2 Å². The van der Waals surface area contributed by atoms with E-state index in [-0.39, 0.29) is 30.9 Å². The van der Waals surface area contributed by atoms with Crippen molar-refractivity contribution in [3.63, 3.8) is 0 Å². The molecule has 0 unspecified atom stereocenters. The van der Waals surface area contributed by atoms with Crippen LogP contribution >= 0.6 is 0 Å². The third-order valence-corrected chi connectivity index (χ3v) is 10.3. The van der Waals surface area contributed by atoms with Gasteiger partial charge in [-0.05, 0) is 78.2 Å². The van der Waals surface area contributed by atoms with Crippen LogP contribution in [0.3, 0.4) is 0 Å². The van der Waals surface area contributed by atoms with E-state index in [1.165, 1.54) is 12.1 Å². The maximum Gasteiger partial charge on any atom is 0.416 e. The molecule has 3 aromatic carbocycles. The summed E-state index contributed by atoms with van der Waals surface area (Å²) in [5, 5.41) is 2.87. The molecule has 2 aromatic heterocycles. The molecule has 16 heteroatoms. The predicted molar refractivity (Wildman–Crippen MR) is 233 cm³/mol. The summed E-state index contributed by atoms with van der Waals surface area (Å²) in [5.41, 5.74) is 22.3. The first-order chi connectivity index (χ1) is 29.9. The molecule has 1 aliphatic rings. The third-order valence-electron chi connectivity index (χ3n) is 10.3. The Hall–Kier alpha value is -6.20. The number of halogens is 3. The van der Waals surface area contributed by atoms with Crippen LogP contribution in [0.4, 0.5) is 18.9 Å². The van der Waals surface area contributed by atoms with Crippen molar-refractivity contribution in [1.29, 1.82) is 0 Å². The van der Waals surface area contributed by atoms with Crippen molar-refractivity contribution in [3.05, 3.63) is 160 Å². The number of nitrogens with zero attached hydrogens (tertiary/aromatic N) is 7. The number of alkyl halides is 3. The normalized spacial score (nSPS) is 15.2. The van der Waals surface area contributed by atoms with Crippen LogP contribution in [0.2, 0.25) is 0 Å². The van der Waals surface area contributed by atoms with E-state index in [9.17, 15) is 22.8 Å². The predicted octanol–water partition coefficient (Wildman–Crippen LogP) is 5.03. The van der Waals surface area contributed by atoms with E-state index in [0.717, 1.165) is 40.5 Å². The minimum atomic E-state index is -4.45. The third kappa shape index (κ3) is 14.2. The van der Waals surface area contributed by atoms with Gasteiger partial charge >= 0.3 is 6.18 Å². The zero-order valence-electron chi connectivity index (χ0n) is 34.7. The van der Waals surface area contributed by atoms with Crippen LogP contribution in [0.5, 0.6) is 0 Å². The highest BCUT2D eigenvalue weighted by atomic mass is 19.4. The molecule has 0 atom stereocenters. The van der Waals surface area contributed by atoms with Crippen molar-refractivity contribution < 1.29 is 22.8 Å². The number of pyridine rings is 2. The second-order valence-corrected chi connectivity index (χ2v) is 15.4. The quantitative estimate of drug-likeness (QED) is 0.110. The Morgan fingerprint density at radius 2 is 1.26 bits per heavy atom. The van der Waals surface area contributed by atoms with E-state index in [1.54, 1.807) is 17.0 Å². The van der Waals surface area contributed by atoms with Gasteiger partial charge in [-0.3, -0.25) is 34.3 Å². The molecule has 0 aliphatic carbocycles. The molecule has 13 nitrogen and oxygen atoms in total. The molecule has 0 fully saturated rings. The number of hydrogen-bond acceptors (Lipinski definition) is 9. The average molecular weight is 850 g/mol. The maximum atomic E-state index is 14.1. The summed E-state index contributed by atoms with van der Waals surface area (Å²) >= 11 is 0. The Kier molecular flexibility index (Phi) is 16.1. The fraction of sp³-hybridized carbons (Fsp3) is 0.326. The van der Waals surface area contributed by atoms with Crippen molar-refractivity contribution >= 4 is 23.5 Å². The monoisotopic (exact) mass is 849 g/mol. The number of guanidine groups is 1. The van der Waals surface area contributed by atoms with Crippen molar-refractivity contribution in [2.45, 2.75) is 51.9 Å². The molecule has 0 saturated carbocycles. The number of nitrogens with two attached hydrogens (primary N) is 3. The maximum absolute atomic E-state index is 14.1. The minimum absolute atomic E-state index is 0.0334. The van der Waals surface area contributed by atoms with Crippen LogP contribution in [-0.2, 0) is 50.2 Å². The fourth-order valence-electron chi connectivity index (χ4n) is 7.39. The summed E-state index contributed by atoms with van der Waals surface area (Å²) in [4.78, 5) is 49.8. The highest BCUT2D eigenvalue weighted by molar-refractivity contribution is 5.94. The smallest absolute Gasteiger partial charge is 0.370 e. The molecule has 4 bridgehead atoms. The minimum Gasteiger partial charge on any atom is -0.370 e. The molecule has 5 aromatic rings. The zero-order valence-corrected chi connectivity index (χ0v) is 34.7. The molecule has 62 heavy (non-hydrogen) atoms. The number of fused-ring (bicyclic) bond motifs is 4. The summed E-state index contributed by atoms with van der Waals surface area (Å²) in [6.45, 7) is 4.99. The lowest BCUT2D eigenvalue weighted by Crippen LogP contribution is -2.42. The van der Waals surface area contributed by atoms with Crippen LogP contribution in [0.15, 0.2) is 120 Å². The number of nitrogens with one attached hydrogen (secondary N) is 1. The largest absolute Gasteiger partial charge is 0.416 e. The number of carbonyl (C=O) groups excluding carboxylic acids is 2. The lowest BCUT2D eigenvalue weighted by Gasteiger charge is -2.29. The molecular weight excluding hydrogens is 796 g/mol. The lowest BCUT2D eigenvalue weighted by atomic mass is 10.1. The van der Waals surface area contributed by atoms with Gasteiger partial charge in [0, 0.05) is 77.6 Å². The Morgan fingerprint density at radius 1 is 0.661 bits per heavy atom. The lowest BCUT2D eigenvalue weighted by molar-refractivity contribution is -0.137. The van der Waals surface area contributed by atoms with Crippen LogP contribution < -0.4 is 22.5 Å². The molecular formula is C46H54F3N11O2. The van der Waals surface area contributed by atoms with Gasteiger partial charge in [0.2, 0.25) is 5.91 Å². The summed E-state index contributed by atoms with van der Waals surface area (Å²) in [7, 11) is 0. The number of hydrogen-bond donors (Lipinski definition) is 4. The number of aromatic nitrogens is 2. The van der Waals surface area contributed by atoms with E-state index in [4.69, 9.17) is 27.2 Å². The SMILES string of the molecule is NCCNC(=O)CN1CCN(Cc2ccc(C(F)(F)F)cc2)CCCN(C(=O)c2ccccc2)Cc2cccc(n2)CN(Cc2cccc(N=C(N)N)c2)Cc2cccc(n2)C1. The number of rotatable bonds is 10. The first kappa shape index (κ1) is 45.3. The average Bonchev–Trinajstić information content (AvgIpc) is 3.24. The number of benzene rings is 3. The van der Waals surface area contributed by atoms with Crippen molar-refractivity contribution in [2.75, 3.05) is 45.8 Å². The zero-order chi connectivity index (χ0) is 43.9. The van der Waals surface area contributed by atoms with E-state index >= 15 is 0 Å². The van der Waals surface area contributed by atoms with Gasteiger partial charge in [0.05, 0.1) is 47.1 Å². The molecule has 0 spiro atoms. The first-order valence-electron chi connectivity index (χ1n) is 20.6. The second-order valence-electron chi connectivity index (χ2n) is 15.4. The van der Waals surface area contributed by atoms with E-state index in [2.05, 4.69) is 20.1 Å². The highest BCUT2D eigenvalue weighted by Gasteiger charge is 2.30. The summed E-state index contributed by atoms with van der Waals surface area (Å²) < 4.78 is 40.4. The van der Waals surface area contributed by atoms with E-state index in [0.29, 0.717) is 95.2 Å². The van der Waals surface area contributed by atoms with E-state index in [1.807, 2.05) is 83.8 Å². The molecule has 0 saturated heterocycles. The standard InChI is InChI=1S/C46H54F3N11O2/c47-46(48,49)37-18-16-34(17-19-37)27-57-22-7-23-60(44(62)36-9-2-1-3-10-36)32-42-15-6-14-41(55-42)31-59(28-35-8-4-11-38(26-35)56-45(51)52)30-40-13-5-12-39(54-40)29-58(25-24-57)33-43(61)53-21-20-50/h1-6,8-19,26H,7,20-25,27-33,50H2,(H,53,61)(H4,51,52,56). The van der Waals surface area contributed by atoms with Gasteiger partial charge in [-0.1, -0.05) is 54.6 Å². The molecule has 7 N–H and O–H groups in total. The Labute approximate surface area is 360 Å². The van der Waals surface area contributed by atoms with Crippen molar-refractivity contribution in [3.8, 4) is 0 Å². The van der Waals surface area contributed by atoms with Crippen molar-refractivity contribution in [1.82, 2.24) is 34.9 Å². The van der Waals surface area contributed by atoms with E-state index < -0.39 is 11.7 Å². The molecule has 3 heterocycles. The molecule has 6 rings (SSSR count). The van der Waals surface area contributed by atoms with Gasteiger partial charge in [0.1, 0.15) is 0 Å². The van der Waals surface area contributed by atoms with Crippen LogP contribution in [0.1, 0.15) is 56.2 Å². The Balaban J connectivity index is 1.35. The van der Waals surface area contributed by atoms with Crippen molar-refractivity contribution in [2.24, 2.45) is 22.2 Å². The number of aliphatic imine (C=N–C) groups is 1. The van der Waals surface area contributed by atoms with Gasteiger partial charge < -0.3 is 27.4 Å².